The Hall–Kier alpha value is -3.61. The zero-order valence-corrected chi connectivity index (χ0v) is 16.7. The molecule has 1 aliphatic rings. The van der Waals surface area contributed by atoms with E-state index in [4.69, 9.17) is 4.74 Å². The molecule has 2 amide bonds. The smallest absolute Gasteiger partial charge is 0.265 e. The van der Waals surface area contributed by atoms with Crippen LogP contribution in [-0.4, -0.2) is 27.7 Å². The highest BCUT2D eigenvalue weighted by molar-refractivity contribution is 6.09. The molecule has 0 saturated heterocycles. The van der Waals surface area contributed by atoms with Crippen LogP contribution >= 0.6 is 0 Å². The number of fused-ring (bicyclic) bond motifs is 1. The largest absolute Gasteiger partial charge is 0.478 e. The minimum absolute atomic E-state index is 0.235. The van der Waals surface area contributed by atoms with Crippen molar-refractivity contribution >= 4 is 23.2 Å². The summed E-state index contributed by atoms with van der Waals surface area (Å²) in [5.74, 6) is -0.189. The molecule has 0 saturated carbocycles. The fraction of sp³-hybridized carbons (Fsp3) is 0.227. The maximum Gasteiger partial charge on any atom is 0.265 e. The van der Waals surface area contributed by atoms with Crippen molar-refractivity contribution < 1.29 is 14.3 Å². The number of nitrogens with zero attached hydrogens (tertiary/aromatic N) is 2. The molecule has 1 aromatic heterocycles. The van der Waals surface area contributed by atoms with Gasteiger partial charge in [-0.2, -0.15) is 5.10 Å². The third-order valence-corrected chi connectivity index (χ3v) is 5.03. The first-order valence-corrected chi connectivity index (χ1v) is 9.39. The Morgan fingerprint density at radius 2 is 2.00 bits per heavy atom. The molecule has 2 N–H and O–H groups in total. The monoisotopic (exact) mass is 390 g/mol. The number of para-hydroxylation sites is 1. The SMILES string of the molecule is Cc1ccc(C)c(-n2ncc(NC(=O)c3cccc4c3OC(C)C(=O)N4)c2C)c1. The molecule has 1 unspecified atom stereocenters. The summed E-state index contributed by atoms with van der Waals surface area (Å²) in [4.78, 5) is 24.8. The van der Waals surface area contributed by atoms with Crippen LogP contribution in [0.3, 0.4) is 0 Å². The topological polar surface area (TPSA) is 85.2 Å². The van der Waals surface area contributed by atoms with E-state index in [0.29, 0.717) is 22.7 Å². The lowest BCUT2D eigenvalue weighted by molar-refractivity contribution is -0.122. The van der Waals surface area contributed by atoms with E-state index >= 15 is 0 Å². The predicted molar refractivity (Wildman–Crippen MR) is 111 cm³/mol. The molecule has 3 aromatic rings. The van der Waals surface area contributed by atoms with Gasteiger partial charge in [0.25, 0.3) is 11.8 Å². The van der Waals surface area contributed by atoms with Crippen LogP contribution < -0.4 is 15.4 Å². The van der Waals surface area contributed by atoms with Crippen molar-refractivity contribution in [2.75, 3.05) is 10.6 Å². The second-order valence-corrected chi connectivity index (χ2v) is 7.23. The van der Waals surface area contributed by atoms with Gasteiger partial charge in [-0.3, -0.25) is 9.59 Å². The van der Waals surface area contributed by atoms with Gasteiger partial charge in [0.2, 0.25) is 0 Å². The molecular weight excluding hydrogens is 368 g/mol. The fourth-order valence-corrected chi connectivity index (χ4v) is 3.32. The van der Waals surface area contributed by atoms with E-state index in [-0.39, 0.29) is 11.8 Å². The number of carbonyl (C=O) groups is 2. The molecule has 0 bridgehead atoms. The van der Waals surface area contributed by atoms with Crippen LogP contribution in [0.5, 0.6) is 5.75 Å². The summed E-state index contributed by atoms with van der Waals surface area (Å²) in [6.45, 7) is 7.61. The Morgan fingerprint density at radius 3 is 2.79 bits per heavy atom. The van der Waals surface area contributed by atoms with E-state index < -0.39 is 6.10 Å². The second-order valence-electron chi connectivity index (χ2n) is 7.23. The van der Waals surface area contributed by atoms with E-state index in [1.165, 1.54) is 0 Å². The molecule has 0 fully saturated rings. The van der Waals surface area contributed by atoms with Crippen LogP contribution in [0.15, 0.2) is 42.6 Å². The molecular formula is C22H22N4O3. The zero-order chi connectivity index (χ0) is 20.7. The van der Waals surface area contributed by atoms with Crippen LogP contribution in [-0.2, 0) is 4.79 Å². The van der Waals surface area contributed by atoms with Gasteiger partial charge in [-0.25, -0.2) is 4.68 Å². The van der Waals surface area contributed by atoms with Gasteiger partial charge in [0.1, 0.15) is 0 Å². The summed E-state index contributed by atoms with van der Waals surface area (Å²) < 4.78 is 7.49. The van der Waals surface area contributed by atoms with Crippen molar-refractivity contribution in [1.82, 2.24) is 9.78 Å². The number of nitrogens with one attached hydrogen (secondary N) is 2. The highest BCUT2D eigenvalue weighted by atomic mass is 16.5. The van der Waals surface area contributed by atoms with E-state index in [2.05, 4.69) is 27.9 Å². The summed E-state index contributed by atoms with van der Waals surface area (Å²) in [6.07, 6.45) is 0.973. The Bertz CT molecular complexity index is 1130. The lowest BCUT2D eigenvalue weighted by Gasteiger charge is -2.25. The zero-order valence-electron chi connectivity index (χ0n) is 16.7. The molecule has 0 aliphatic carbocycles. The van der Waals surface area contributed by atoms with Crippen LogP contribution in [0.25, 0.3) is 5.69 Å². The van der Waals surface area contributed by atoms with Crippen molar-refractivity contribution in [2.45, 2.75) is 33.8 Å². The van der Waals surface area contributed by atoms with Gasteiger partial charge in [0, 0.05) is 0 Å². The summed E-state index contributed by atoms with van der Waals surface area (Å²) >= 11 is 0. The highest BCUT2D eigenvalue weighted by Gasteiger charge is 2.28. The quantitative estimate of drug-likeness (QED) is 0.713. The molecule has 29 heavy (non-hydrogen) atoms. The number of hydrogen-bond donors (Lipinski definition) is 2. The third kappa shape index (κ3) is 3.35. The molecule has 7 nitrogen and oxygen atoms in total. The van der Waals surface area contributed by atoms with Crippen LogP contribution in [0.4, 0.5) is 11.4 Å². The predicted octanol–water partition coefficient (Wildman–Crippen LogP) is 3.77. The highest BCUT2D eigenvalue weighted by Crippen LogP contribution is 2.34. The Kier molecular flexibility index (Phi) is 4.58. The lowest BCUT2D eigenvalue weighted by Crippen LogP contribution is -2.35. The minimum Gasteiger partial charge on any atom is -0.478 e. The number of aromatic nitrogens is 2. The summed E-state index contributed by atoms with van der Waals surface area (Å²) in [5.41, 5.74) is 5.47. The fourth-order valence-electron chi connectivity index (χ4n) is 3.32. The van der Waals surface area contributed by atoms with Gasteiger partial charge in [0.15, 0.2) is 11.9 Å². The number of amides is 2. The average molecular weight is 390 g/mol. The Balaban J connectivity index is 1.64. The van der Waals surface area contributed by atoms with E-state index in [0.717, 1.165) is 22.5 Å². The molecule has 0 radical (unpaired) electrons. The van der Waals surface area contributed by atoms with E-state index in [1.54, 1.807) is 31.3 Å². The molecule has 148 valence electrons. The van der Waals surface area contributed by atoms with Gasteiger partial charge in [-0.15, -0.1) is 0 Å². The van der Waals surface area contributed by atoms with Gasteiger partial charge >= 0.3 is 0 Å². The van der Waals surface area contributed by atoms with E-state index in [1.807, 2.05) is 31.5 Å². The summed E-state index contributed by atoms with van der Waals surface area (Å²) in [7, 11) is 0. The summed E-state index contributed by atoms with van der Waals surface area (Å²) in [6, 6.07) is 11.3. The van der Waals surface area contributed by atoms with Crippen LogP contribution in [0, 0.1) is 20.8 Å². The summed E-state index contributed by atoms with van der Waals surface area (Å²) in [5, 5.41) is 10.1. The normalized spacial score (nSPS) is 15.3. The van der Waals surface area contributed by atoms with Crippen molar-refractivity contribution in [2.24, 2.45) is 0 Å². The van der Waals surface area contributed by atoms with Crippen molar-refractivity contribution in [3.8, 4) is 11.4 Å². The maximum absolute atomic E-state index is 13.0. The van der Waals surface area contributed by atoms with Crippen molar-refractivity contribution in [1.29, 1.82) is 0 Å². The van der Waals surface area contributed by atoms with Crippen LogP contribution in [0.1, 0.15) is 34.1 Å². The number of rotatable bonds is 3. The van der Waals surface area contributed by atoms with Gasteiger partial charge < -0.3 is 15.4 Å². The minimum atomic E-state index is -0.662. The molecule has 4 rings (SSSR count). The maximum atomic E-state index is 13.0. The molecule has 2 aromatic carbocycles. The Morgan fingerprint density at radius 1 is 1.21 bits per heavy atom. The first-order chi connectivity index (χ1) is 13.8. The Labute approximate surface area is 168 Å². The van der Waals surface area contributed by atoms with Gasteiger partial charge in [0.05, 0.1) is 34.5 Å². The number of carbonyl (C=O) groups excluding carboxylic acids is 2. The van der Waals surface area contributed by atoms with Gasteiger partial charge in [-0.1, -0.05) is 18.2 Å². The number of hydrogen-bond acceptors (Lipinski definition) is 4. The third-order valence-electron chi connectivity index (χ3n) is 5.03. The number of aryl methyl sites for hydroxylation is 2. The van der Waals surface area contributed by atoms with Crippen molar-refractivity contribution in [3.63, 3.8) is 0 Å². The first-order valence-electron chi connectivity index (χ1n) is 9.39. The molecule has 7 heteroatoms. The standard InChI is InChI=1S/C22H22N4O3/c1-12-8-9-13(2)19(10-12)26-14(3)18(11-23-26)25-22(28)16-6-5-7-17-20(16)29-15(4)21(27)24-17/h5-11,15H,1-4H3,(H,24,27)(H,25,28). The lowest BCUT2D eigenvalue weighted by atomic mass is 10.1. The number of benzene rings is 2. The molecule has 1 aliphatic heterocycles. The number of ether oxygens (including phenoxy) is 1. The molecule has 1 atom stereocenters. The number of anilines is 2. The first kappa shape index (κ1) is 18.7. The van der Waals surface area contributed by atoms with Crippen LogP contribution in [0.2, 0.25) is 0 Å². The second kappa shape index (κ2) is 7.09. The average Bonchev–Trinajstić information content (AvgIpc) is 3.04. The van der Waals surface area contributed by atoms with E-state index in [9.17, 15) is 9.59 Å². The molecule has 2 heterocycles. The van der Waals surface area contributed by atoms with Crippen molar-refractivity contribution in [3.05, 3.63) is 65.0 Å². The molecule has 0 spiro atoms. The van der Waals surface area contributed by atoms with Gasteiger partial charge in [-0.05, 0) is 57.0 Å².